The Morgan fingerprint density at radius 3 is 1.07 bits per heavy atom. The van der Waals surface area contributed by atoms with Gasteiger partial charge in [-0.25, -0.2) is 4.79 Å². The van der Waals surface area contributed by atoms with E-state index in [9.17, 15) is 4.79 Å². The van der Waals surface area contributed by atoms with E-state index in [-0.39, 0.29) is 0 Å². The van der Waals surface area contributed by atoms with Crippen molar-refractivity contribution in [2.75, 3.05) is 13.2 Å². The average molecular weight is 633 g/mol. The number of unbranched alkanes of at least 4 members (excludes halogenated alkanes) is 9. The standard InChI is InChI=1S/C43H68O3/c1-3-5-7-9-11-13-15-17-19-21-23-24-26-28-30-32-34-36-38-40-42-46-43(44)45-41-39-37-35-33-31-29-27-25-22-20-18-16-14-12-10-8-6-4-2/h5,7,11-14,17-20,23-25,27-28,30-31,33H,3-4,6,8-10,15-16,21-22,26,29,32,34-42H2,1-2H3. The van der Waals surface area contributed by atoms with E-state index in [0.29, 0.717) is 13.2 Å². The Bertz CT molecular complexity index is 910. The minimum absolute atomic E-state index is 0.431. The fourth-order valence-electron chi connectivity index (χ4n) is 4.36. The molecule has 0 spiro atoms. The summed E-state index contributed by atoms with van der Waals surface area (Å²) < 4.78 is 10.4. The average Bonchev–Trinajstić information content (AvgIpc) is 3.06. The molecule has 0 aromatic rings. The summed E-state index contributed by atoms with van der Waals surface area (Å²) in [6, 6.07) is 0. The van der Waals surface area contributed by atoms with Gasteiger partial charge in [-0.3, -0.25) is 0 Å². The van der Waals surface area contributed by atoms with Gasteiger partial charge in [-0.1, -0.05) is 149 Å². The van der Waals surface area contributed by atoms with Crippen molar-refractivity contribution in [3.63, 3.8) is 0 Å². The Morgan fingerprint density at radius 1 is 0.370 bits per heavy atom. The molecular formula is C43H68O3. The van der Waals surface area contributed by atoms with Crippen LogP contribution in [0.4, 0.5) is 4.79 Å². The van der Waals surface area contributed by atoms with Crippen molar-refractivity contribution in [3.8, 4) is 0 Å². The smallest absolute Gasteiger partial charge is 0.434 e. The summed E-state index contributed by atoms with van der Waals surface area (Å²) in [4.78, 5) is 11.7. The fourth-order valence-corrected chi connectivity index (χ4v) is 4.36. The highest BCUT2D eigenvalue weighted by molar-refractivity contribution is 5.59. The van der Waals surface area contributed by atoms with Gasteiger partial charge in [-0.05, 0) is 103 Å². The molecule has 0 aromatic heterocycles. The van der Waals surface area contributed by atoms with Gasteiger partial charge in [0.25, 0.3) is 0 Å². The summed E-state index contributed by atoms with van der Waals surface area (Å²) in [5.74, 6) is 0. The molecule has 0 rings (SSSR count). The lowest BCUT2D eigenvalue weighted by Crippen LogP contribution is -2.09. The highest BCUT2D eigenvalue weighted by Crippen LogP contribution is 2.06. The van der Waals surface area contributed by atoms with Crippen LogP contribution < -0.4 is 0 Å². The Kier molecular flexibility index (Phi) is 37.3. The molecule has 0 amide bonds. The highest BCUT2D eigenvalue weighted by atomic mass is 16.7. The first kappa shape index (κ1) is 42.9. The molecule has 0 aliphatic carbocycles. The molecule has 0 saturated heterocycles. The van der Waals surface area contributed by atoms with Gasteiger partial charge in [-0.15, -0.1) is 0 Å². The van der Waals surface area contributed by atoms with Crippen LogP contribution in [0.2, 0.25) is 0 Å². The third-order valence-electron chi connectivity index (χ3n) is 7.09. The van der Waals surface area contributed by atoms with E-state index in [1.165, 1.54) is 32.1 Å². The van der Waals surface area contributed by atoms with Crippen molar-refractivity contribution in [1.29, 1.82) is 0 Å². The Morgan fingerprint density at radius 2 is 0.674 bits per heavy atom. The first-order valence-corrected chi connectivity index (χ1v) is 18.5. The molecule has 0 aliphatic heterocycles. The normalized spacial score (nSPS) is 12.9. The van der Waals surface area contributed by atoms with Crippen LogP contribution in [0.1, 0.15) is 142 Å². The fraction of sp³-hybridized carbons (Fsp3) is 0.558. The summed E-state index contributed by atoms with van der Waals surface area (Å²) in [5.41, 5.74) is 0. The lowest BCUT2D eigenvalue weighted by Gasteiger charge is -2.05. The summed E-state index contributed by atoms with van der Waals surface area (Å²) >= 11 is 0. The maximum Gasteiger partial charge on any atom is 0.508 e. The predicted octanol–water partition coefficient (Wildman–Crippen LogP) is 14.0. The second-order valence-electron chi connectivity index (χ2n) is 11.4. The van der Waals surface area contributed by atoms with E-state index in [1.807, 2.05) is 0 Å². The van der Waals surface area contributed by atoms with E-state index >= 15 is 0 Å². The Hall–Kier alpha value is -3.07. The maximum absolute atomic E-state index is 11.7. The van der Waals surface area contributed by atoms with Crippen LogP contribution in [0.3, 0.4) is 0 Å². The van der Waals surface area contributed by atoms with Crippen LogP contribution in [0.15, 0.2) is 109 Å². The number of hydrogen-bond acceptors (Lipinski definition) is 3. The van der Waals surface area contributed by atoms with Crippen molar-refractivity contribution < 1.29 is 14.3 Å². The molecule has 46 heavy (non-hydrogen) atoms. The molecule has 3 nitrogen and oxygen atoms in total. The topological polar surface area (TPSA) is 35.5 Å². The monoisotopic (exact) mass is 633 g/mol. The third kappa shape index (κ3) is 39.0. The van der Waals surface area contributed by atoms with Crippen LogP contribution in [0.5, 0.6) is 0 Å². The first-order valence-electron chi connectivity index (χ1n) is 18.5. The van der Waals surface area contributed by atoms with Gasteiger partial charge < -0.3 is 9.47 Å². The number of rotatable bonds is 31. The Labute approximate surface area is 284 Å². The first-order chi connectivity index (χ1) is 22.8. The summed E-state index contributed by atoms with van der Waals surface area (Å²) in [6.45, 7) is 5.28. The van der Waals surface area contributed by atoms with Gasteiger partial charge in [0.05, 0.1) is 13.2 Å². The molecule has 0 saturated carbocycles. The van der Waals surface area contributed by atoms with Gasteiger partial charge >= 0.3 is 6.16 Å². The zero-order valence-electron chi connectivity index (χ0n) is 29.7. The lowest BCUT2D eigenvalue weighted by molar-refractivity contribution is 0.0530. The molecule has 0 N–H and O–H groups in total. The molecule has 0 aliphatic rings. The molecule has 3 heteroatoms. The third-order valence-corrected chi connectivity index (χ3v) is 7.09. The lowest BCUT2D eigenvalue weighted by atomic mass is 10.1. The molecule has 0 atom stereocenters. The zero-order chi connectivity index (χ0) is 33.3. The van der Waals surface area contributed by atoms with Crippen LogP contribution >= 0.6 is 0 Å². The number of carbonyl (C=O) groups is 1. The molecule has 0 unspecified atom stereocenters. The molecule has 0 heterocycles. The number of carbonyl (C=O) groups excluding carboxylic acids is 1. The zero-order valence-corrected chi connectivity index (χ0v) is 29.7. The van der Waals surface area contributed by atoms with Crippen LogP contribution in [-0.2, 0) is 9.47 Å². The van der Waals surface area contributed by atoms with Gasteiger partial charge in [0.2, 0.25) is 0 Å². The second kappa shape index (κ2) is 40.0. The van der Waals surface area contributed by atoms with E-state index in [0.717, 1.165) is 96.3 Å². The van der Waals surface area contributed by atoms with Crippen molar-refractivity contribution in [3.05, 3.63) is 109 Å². The number of hydrogen-bond donors (Lipinski definition) is 0. The summed E-state index contributed by atoms with van der Waals surface area (Å²) in [7, 11) is 0. The second-order valence-corrected chi connectivity index (χ2v) is 11.4. The molecule has 0 radical (unpaired) electrons. The molecule has 0 bridgehead atoms. The minimum atomic E-state index is -0.531. The number of allylic oxidation sites excluding steroid dienone is 18. The van der Waals surface area contributed by atoms with Crippen LogP contribution in [0, 0.1) is 0 Å². The summed E-state index contributed by atoms with van der Waals surface area (Å²) in [5, 5.41) is 0. The van der Waals surface area contributed by atoms with Crippen LogP contribution in [0.25, 0.3) is 0 Å². The quantitative estimate of drug-likeness (QED) is 0.0433. The van der Waals surface area contributed by atoms with E-state index in [1.54, 1.807) is 0 Å². The van der Waals surface area contributed by atoms with Gasteiger partial charge in [0.1, 0.15) is 0 Å². The van der Waals surface area contributed by atoms with Crippen molar-refractivity contribution in [1.82, 2.24) is 0 Å². The summed E-state index contributed by atoms with van der Waals surface area (Å²) in [6.07, 6.45) is 61.3. The van der Waals surface area contributed by atoms with E-state index in [4.69, 9.17) is 9.47 Å². The minimum Gasteiger partial charge on any atom is -0.434 e. The van der Waals surface area contributed by atoms with Gasteiger partial charge in [-0.2, -0.15) is 0 Å². The molecule has 0 aromatic carbocycles. The molecule has 0 fully saturated rings. The highest BCUT2D eigenvalue weighted by Gasteiger charge is 2.02. The largest absolute Gasteiger partial charge is 0.508 e. The van der Waals surface area contributed by atoms with Crippen molar-refractivity contribution in [2.45, 2.75) is 142 Å². The van der Waals surface area contributed by atoms with E-state index in [2.05, 4.69) is 123 Å². The van der Waals surface area contributed by atoms with Gasteiger partial charge in [0.15, 0.2) is 0 Å². The van der Waals surface area contributed by atoms with Gasteiger partial charge in [0, 0.05) is 0 Å². The predicted molar refractivity (Wildman–Crippen MR) is 203 cm³/mol. The van der Waals surface area contributed by atoms with Crippen molar-refractivity contribution >= 4 is 6.16 Å². The molecular weight excluding hydrogens is 564 g/mol. The van der Waals surface area contributed by atoms with Crippen LogP contribution in [-0.4, -0.2) is 19.4 Å². The Balaban J connectivity index is 3.46. The number of ether oxygens (including phenoxy) is 2. The van der Waals surface area contributed by atoms with Crippen molar-refractivity contribution in [2.24, 2.45) is 0 Å². The SMILES string of the molecule is CCC=CCC=CCC=CCC=CCC=CCCCCCCOC(=O)OCCCCC=CCC=CCC=CCC=CCCCCC. The van der Waals surface area contributed by atoms with E-state index < -0.39 is 6.16 Å². The maximum atomic E-state index is 11.7. The molecule has 258 valence electrons.